The molecule has 7 nitrogen and oxygen atoms in total. The van der Waals surface area contributed by atoms with E-state index < -0.39 is 51.7 Å². The van der Waals surface area contributed by atoms with Crippen LogP contribution in [0.15, 0.2) is 23.6 Å². The summed E-state index contributed by atoms with van der Waals surface area (Å²) in [6.07, 6.45) is 3.09. The summed E-state index contributed by atoms with van der Waals surface area (Å²) in [5.74, 6) is -1.68. The Hall–Kier alpha value is -1.96. The van der Waals surface area contributed by atoms with Gasteiger partial charge in [-0.3, -0.25) is 13.8 Å². The molecule has 29 heavy (non-hydrogen) atoms. The molecule has 0 bridgehead atoms. The average Bonchev–Trinajstić information content (AvgIpc) is 3.06. The van der Waals surface area contributed by atoms with E-state index in [4.69, 9.17) is 14.2 Å². The molecule has 8 heteroatoms. The lowest BCUT2D eigenvalue weighted by Gasteiger charge is -2.46. The molecule has 0 radical (unpaired) electrons. The summed E-state index contributed by atoms with van der Waals surface area (Å²) in [5.41, 5.74) is -0.926. The van der Waals surface area contributed by atoms with Gasteiger partial charge in [-0.15, -0.1) is 0 Å². The van der Waals surface area contributed by atoms with Crippen molar-refractivity contribution in [3.63, 3.8) is 0 Å². The van der Waals surface area contributed by atoms with Crippen LogP contribution in [0, 0.1) is 22.7 Å². The number of esters is 3. The molecule has 0 N–H and O–H groups in total. The molecular formula is C21H28O7S. The molecular weight excluding hydrogens is 396 g/mol. The first-order valence-corrected chi connectivity index (χ1v) is 11.4. The molecule has 0 aromatic carbocycles. The van der Waals surface area contributed by atoms with Gasteiger partial charge in [-0.25, -0.2) is 4.79 Å². The summed E-state index contributed by atoms with van der Waals surface area (Å²) in [6.45, 7) is 9.63. The Balaban J connectivity index is 2.02. The van der Waals surface area contributed by atoms with Crippen LogP contribution in [0.3, 0.4) is 0 Å². The van der Waals surface area contributed by atoms with E-state index in [9.17, 15) is 18.6 Å². The van der Waals surface area contributed by atoms with Crippen LogP contribution in [-0.2, 0) is 39.4 Å². The first-order chi connectivity index (χ1) is 13.5. The second-order valence-electron chi connectivity index (χ2n) is 8.64. The standard InChI is InChI=1S/C21H28O7S/c1-12-6-7-15(28-16(23)8-9-29(5)25)17-18(27-14(3)22)21(11-20(12,17)4)13(2)10-26-19(21)24/h8-9,12,15,17-18H,2,6-7,10-11H2,1,3-5H3/t12?,15?,17-,18?,20-,21-,29-/m1/s1. The third-order valence-electron chi connectivity index (χ3n) is 6.97. The minimum Gasteiger partial charge on any atom is -0.461 e. The van der Waals surface area contributed by atoms with Crippen molar-refractivity contribution < 1.29 is 32.8 Å². The predicted octanol–water partition coefficient (Wildman–Crippen LogP) is 2.28. The molecule has 1 heterocycles. The lowest BCUT2D eigenvalue weighted by atomic mass is 9.61. The van der Waals surface area contributed by atoms with Gasteiger partial charge in [0, 0.05) is 41.4 Å². The highest BCUT2D eigenvalue weighted by atomic mass is 32.2. The summed E-state index contributed by atoms with van der Waals surface area (Å²) >= 11 is 0. The van der Waals surface area contributed by atoms with Crippen molar-refractivity contribution >= 4 is 28.7 Å². The second-order valence-corrected chi connectivity index (χ2v) is 9.91. The summed E-state index contributed by atoms with van der Waals surface area (Å²) < 4.78 is 28.0. The second kappa shape index (κ2) is 7.70. The fraction of sp³-hybridized carbons (Fsp3) is 0.667. The zero-order valence-electron chi connectivity index (χ0n) is 17.3. The van der Waals surface area contributed by atoms with E-state index in [0.29, 0.717) is 18.4 Å². The van der Waals surface area contributed by atoms with Gasteiger partial charge in [0.15, 0.2) is 0 Å². The summed E-state index contributed by atoms with van der Waals surface area (Å²) in [6, 6.07) is 0. The Morgan fingerprint density at radius 3 is 2.55 bits per heavy atom. The number of rotatable bonds is 4. The van der Waals surface area contributed by atoms with Gasteiger partial charge in [0.1, 0.15) is 24.2 Å². The van der Waals surface area contributed by atoms with Gasteiger partial charge < -0.3 is 14.2 Å². The third kappa shape index (κ3) is 3.56. The van der Waals surface area contributed by atoms with E-state index in [-0.39, 0.29) is 18.4 Å². The average molecular weight is 425 g/mol. The van der Waals surface area contributed by atoms with Crippen molar-refractivity contribution in [1.29, 1.82) is 0 Å². The molecule has 2 aliphatic carbocycles. The van der Waals surface area contributed by atoms with Crippen molar-refractivity contribution in [2.75, 3.05) is 12.9 Å². The zero-order valence-corrected chi connectivity index (χ0v) is 18.1. The molecule has 1 saturated heterocycles. The third-order valence-corrected chi connectivity index (χ3v) is 7.49. The molecule has 3 aliphatic rings. The summed E-state index contributed by atoms with van der Waals surface area (Å²) in [4.78, 5) is 37.1. The molecule has 2 saturated carbocycles. The van der Waals surface area contributed by atoms with Crippen LogP contribution in [0.25, 0.3) is 0 Å². The number of carbonyl (C=O) groups excluding carboxylic acids is 3. The first kappa shape index (κ1) is 21.7. The van der Waals surface area contributed by atoms with Crippen LogP contribution in [0.4, 0.5) is 0 Å². The predicted molar refractivity (Wildman–Crippen MR) is 106 cm³/mol. The Kier molecular flexibility index (Phi) is 5.77. The van der Waals surface area contributed by atoms with E-state index >= 15 is 0 Å². The quantitative estimate of drug-likeness (QED) is 0.296. The number of carbonyl (C=O) groups is 3. The molecule has 160 valence electrons. The minimum atomic E-state index is -1.27. The van der Waals surface area contributed by atoms with Crippen LogP contribution >= 0.6 is 0 Å². The Morgan fingerprint density at radius 2 is 2.00 bits per heavy atom. The maximum Gasteiger partial charge on any atom is 0.331 e. The lowest BCUT2D eigenvalue weighted by Crippen LogP contribution is -2.50. The van der Waals surface area contributed by atoms with E-state index in [1.165, 1.54) is 18.6 Å². The molecule has 7 atom stereocenters. The maximum atomic E-state index is 12.9. The van der Waals surface area contributed by atoms with Gasteiger partial charge in [-0.1, -0.05) is 20.4 Å². The van der Waals surface area contributed by atoms with Crippen LogP contribution < -0.4 is 0 Å². The van der Waals surface area contributed by atoms with Gasteiger partial charge in [0.2, 0.25) is 0 Å². The molecule has 0 aromatic rings. The molecule has 0 amide bonds. The van der Waals surface area contributed by atoms with Crippen molar-refractivity contribution in [3.8, 4) is 0 Å². The van der Waals surface area contributed by atoms with E-state index in [2.05, 4.69) is 20.4 Å². The highest BCUT2D eigenvalue weighted by molar-refractivity contribution is 7.87. The number of fused-ring (bicyclic) bond motifs is 1. The molecule has 3 unspecified atom stereocenters. The van der Waals surface area contributed by atoms with Crippen LogP contribution in [0.2, 0.25) is 0 Å². The first-order valence-electron chi connectivity index (χ1n) is 9.76. The van der Waals surface area contributed by atoms with Gasteiger partial charge in [-0.2, -0.15) is 0 Å². The number of cyclic esters (lactones) is 1. The Labute approximate surface area is 173 Å². The van der Waals surface area contributed by atoms with Gasteiger partial charge in [0.25, 0.3) is 0 Å². The lowest BCUT2D eigenvalue weighted by molar-refractivity contribution is -0.172. The highest BCUT2D eigenvalue weighted by Gasteiger charge is 2.71. The topological polar surface area (TPSA) is 96.0 Å². The monoisotopic (exact) mass is 424 g/mol. The maximum absolute atomic E-state index is 12.9. The van der Waals surface area contributed by atoms with E-state index in [0.717, 1.165) is 12.5 Å². The molecule has 3 rings (SSSR count). The number of hydrogen-bond acceptors (Lipinski definition) is 7. The number of ether oxygens (including phenoxy) is 3. The fourth-order valence-corrected chi connectivity index (χ4v) is 5.71. The van der Waals surface area contributed by atoms with Crippen LogP contribution in [0.1, 0.15) is 40.0 Å². The van der Waals surface area contributed by atoms with Gasteiger partial charge in [-0.05, 0) is 36.2 Å². The zero-order chi connectivity index (χ0) is 21.6. The fourth-order valence-electron chi connectivity index (χ4n) is 5.41. The highest BCUT2D eigenvalue weighted by Crippen LogP contribution is 2.66. The van der Waals surface area contributed by atoms with Crippen LogP contribution in [-0.4, -0.2) is 47.2 Å². The normalized spacial score (nSPS) is 40.0. The smallest absolute Gasteiger partial charge is 0.331 e. The van der Waals surface area contributed by atoms with Gasteiger partial charge >= 0.3 is 17.9 Å². The molecule has 0 aromatic heterocycles. The number of hydrogen-bond donors (Lipinski definition) is 0. The Morgan fingerprint density at radius 1 is 1.31 bits per heavy atom. The largest absolute Gasteiger partial charge is 0.461 e. The van der Waals surface area contributed by atoms with E-state index in [1.807, 2.05) is 0 Å². The van der Waals surface area contributed by atoms with Crippen molar-refractivity contribution in [2.24, 2.45) is 22.7 Å². The summed E-state index contributed by atoms with van der Waals surface area (Å²) in [5, 5.41) is 1.27. The SMILES string of the molecule is C=C1COC(=O)[C@]12C[C@]1(C)C(C)CCC(OC(=O)C=C[S@@](C)=O)[C@@H]1C2OC(C)=O. The van der Waals surface area contributed by atoms with Gasteiger partial charge in [0.05, 0.1) is 0 Å². The van der Waals surface area contributed by atoms with Crippen molar-refractivity contribution in [3.05, 3.63) is 23.6 Å². The molecule has 1 spiro atoms. The molecule has 3 fully saturated rings. The summed E-state index contributed by atoms with van der Waals surface area (Å²) in [7, 11) is -1.27. The van der Waals surface area contributed by atoms with Crippen molar-refractivity contribution in [1.82, 2.24) is 0 Å². The minimum absolute atomic E-state index is 0.100. The van der Waals surface area contributed by atoms with Crippen LogP contribution in [0.5, 0.6) is 0 Å². The van der Waals surface area contributed by atoms with Crippen molar-refractivity contribution in [2.45, 2.75) is 52.2 Å². The molecule has 1 aliphatic heterocycles. The van der Waals surface area contributed by atoms with E-state index in [1.54, 1.807) is 0 Å². The Bertz CT molecular complexity index is 785.